The summed E-state index contributed by atoms with van der Waals surface area (Å²) in [5.41, 5.74) is 6.69. The van der Waals surface area contributed by atoms with Gasteiger partial charge in [-0.3, -0.25) is 4.90 Å². The summed E-state index contributed by atoms with van der Waals surface area (Å²) in [6.45, 7) is 6.21. The second-order valence-corrected chi connectivity index (χ2v) is 4.55. The molecule has 2 rings (SSSR count). The van der Waals surface area contributed by atoms with Gasteiger partial charge in [-0.2, -0.15) is 0 Å². The summed E-state index contributed by atoms with van der Waals surface area (Å²) >= 11 is 0. The maximum Gasteiger partial charge on any atom is 0.409 e. The average Bonchev–Trinajstić information content (AvgIpc) is 2.42. The van der Waals surface area contributed by atoms with Crippen molar-refractivity contribution in [2.75, 3.05) is 38.5 Å². The van der Waals surface area contributed by atoms with Gasteiger partial charge in [0.05, 0.1) is 6.61 Å². The van der Waals surface area contributed by atoms with Gasteiger partial charge in [-0.25, -0.2) is 9.78 Å². The number of amides is 1. The Morgan fingerprint density at radius 2 is 2.11 bits per heavy atom. The van der Waals surface area contributed by atoms with Crippen LogP contribution in [0.2, 0.25) is 0 Å². The number of hydrogen-bond donors (Lipinski definition) is 1. The fourth-order valence-electron chi connectivity index (χ4n) is 2.09. The maximum atomic E-state index is 11.6. The number of nitrogens with zero attached hydrogens (tertiary/aromatic N) is 3. The van der Waals surface area contributed by atoms with Gasteiger partial charge in [-0.15, -0.1) is 0 Å². The number of pyridine rings is 1. The van der Waals surface area contributed by atoms with Gasteiger partial charge in [0.2, 0.25) is 0 Å². The Morgan fingerprint density at radius 3 is 2.68 bits per heavy atom. The van der Waals surface area contributed by atoms with Crippen LogP contribution in [0.3, 0.4) is 0 Å². The molecule has 0 aliphatic carbocycles. The van der Waals surface area contributed by atoms with E-state index in [2.05, 4.69) is 9.88 Å². The van der Waals surface area contributed by atoms with E-state index in [1.807, 2.05) is 19.1 Å². The lowest BCUT2D eigenvalue weighted by Crippen LogP contribution is -2.48. The highest BCUT2D eigenvalue weighted by Crippen LogP contribution is 2.09. The van der Waals surface area contributed by atoms with Gasteiger partial charge in [0.1, 0.15) is 5.82 Å². The lowest BCUT2D eigenvalue weighted by Gasteiger charge is -2.33. The van der Waals surface area contributed by atoms with E-state index < -0.39 is 0 Å². The maximum absolute atomic E-state index is 11.6. The topological polar surface area (TPSA) is 71.7 Å². The fraction of sp³-hybridized carbons (Fsp3) is 0.538. The fourth-order valence-corrected chi connectivity index (χ4v) is 2.09. The van der Waals surface area contributed by atoms with E-state index in [0.717, 1.165) is 25.2 Å². The standard InChI is InChI=1S/C13H20N4O2/c1-2-19-13(18)17-7-5-16(6-8-17)10-11-3-4-12(14)15-9-11/h3-4,9H,2,5-8,10H2,1H3,(H2,14,15). The van der Waals surface area contributed by atoms with E-state index in [1.54, 1.807) is 11.1 Å². The van der Waals surface area contributed by atoms with Crippen molar-refractivity contribution in [1.82, 2.24) is 14.8 Å². The number of nitrogens with two attached hydrogens (primary N) is 1. The summed E-state index contributed by atoms with van der Waals surface area (Å²) in [6.07, 6.45) is 1.59. The second-order valence-electron chi connectivity index (χ2n) is 4.55. The molecule has 6 nitrogen and oxygen atoms in total. The highest BCUT2D eigenvalue weighted by atomic mass is 16.6. The van der Waals surface area contributed by atoms with Crippen LogP contribution in [0, 0.1) is 0 Å². The molecule has 0 unspecified atom stereocenters. The van der Waals surface area contributed by atoms with Crippen LogP contribution < -0.4 is 5.73 Å². The van der Waals surface area contributed by atoms with Crippen LogP contribution in [0.25, 0.3) is 0 Å². The predicted octanol–water partition coefficient (Wildman–Crippen LogP) is 0.938. The molecule has 0 atom stereocenters. The Morgan fingerprint density at radius 1 is 1.37 bits per heavy atom. The first-order valence-corrected chi connectivity index (χ1v) is 6.53. The number of ether oxygens (including phenoxy) is 1. The Kier molecular flexibility index (Phi) is 4.57. The zero-order chi connectivity index (χ0) is 13.7. The molecule has 1 aromatic heterocycles. The van der Waals surface area contributed by atoms with Crippen LogP contribution in [0.4, 0.5) is 10.6 Å². The summed E-state index contributed by atoms with van der Waals surface area (Å²) in [5, 5.41) is 0. The lowest BCUT2D eigenvalue weighted by molar-refractivity contribution is 0.0778. The normalized spacial score (nSPS) is 16.4. The minimum Gasteiger partial charge on any atom is -0.450 e. The van der Waals surface area contributed by atoms with Crippen molar-refractivity contribution >= 4 is 11.9 Å². The lowest BCUT2D eigenvalue weighted by atomic mass is 10.2. The van der Waals surface area contributed by atoms with Crippen LogP contribution in [-0.4, -0.2) is 53.7 Å². The third-order valence-corrected chi connectivity index (χ3v) is 3.15. The molecule has 0 radical (unpaired) electrons. The molecule has 0 spiro atoms. The third kappa shape index (κ3) is 3.82. The first kappa shape index (κ1) is 13.6. The minimum atomic E-state index is -0.212. The molecule has 0 bridgehead atoms. The SMILES string of the molecule is CCOC(=O)N1CCN(Cc2ccc(N)nc2)CC1. The number of aromatic nitrogens is 1. The molecular weight excluding hydrogens is 244 g/mol. The molecule has 1 fully saturated rings. The zero-order valence-corrected chi connectivity index (χ0v) is 11.2. The minimum absolute atomic E-state index is 0.212. The Hall–Kier alpha value is -1.82. The number of anilines is 1. The Bertz CT molecular complexity index is 413. The van der Waals surface area contributed by atoms with E-state index >= 15 is 0 Å². The number of carbonyl (C=O) groups is 1. The molecular formula is C13H20N4O2. The number of hydrogen-bond acceptors (Lipinski definition) is 5. The molecule has 1 saturated heterocycles. The predicted molar refractivity (Wildman–Crippen MR) is 72.5 cm³/mol. The van der Waals surface area contributed by atoms with Crippen LogP contribution in [-0.2, 0) is 11.3 Å². The number of piperazine rings is 1. The monoisotopic (exact) mass is 264 g/mol. The van der Waals surface area contributed by atoms with Crippen LogP contribution in [0.15, 0.2) is 18.3 Å². The Labute approximate surface area is 113 Å². The summed E-state index contributed by atoms with van der Waals surface area (Å²) < 4.78 is 4.99. The number of rotatable bonds is 3. The molecule has 2 heterocycles. The van der Waals surface area contributed by atoms with Gasteiger partial charge in [-0.05, 0) is 18.6 Å². The average molecular weight is 264 g/mol. The van der Waals surface area contributed by atoms with Crippen molar-refractivity contribution < 1.29 is 9.53 Å². The van der Waals surface area contributed by atoms with Gasteiger partial charge in [-0.1, -0.05) is 6.07 Å². The summed E-state index contributed by atoms with van der Waals surface area (Å²) in [5.74, 6) is 0.538. The molecule has 19 heavy (non-hydrogen) atoms. The van der Waals surface area contributed by atoms with Crippen molar-refractivity contribution in [2.24, 2.45) is 0 Å². The van der Waals surface area contributed by atoms with Crippen LogP contribution in [0.5, 0.6) is 0 Å². The van der Waals surface area contributed by atoms with E-state index in [1.165, 1.54) is 0 Å². The second kappa shape index (κ2) is 6.38. The third-order valence-electron chi connectivity index (χ3n) is 3.15. The van der Waals surface area contributed by atoms with Gasteiger partial charge in [0.15, 0.2) is 0 Å². The molecule has 1 aliphatic heterocycles. The van der Waals surface area contributed by atoms with Crippen molar-refractivity contribution in [3.05, 3.63) is 23.9 Å². The molecule has 0 aromatic carbocycles. The van der Waals surface area contributed by atoms with E-state index in [0.29, 0.717) is 25.5 Å². The molecule has 1 aromatic rings. The van der Waals surface area contributed by atoms with Crippen molar-refractivity contribution in [3.8, 4) is 0 Å². The quantitative estimate of drug-likeness (QED) is 0.879. The molecule has 2 N–H and O–H groups in total. The van der Waals surface area contributed by atoms with Gasteiger partial charge >= 0.3 is 6.09 Å². The van der Waals surface area contributed by atoms with Crippen molar-refractivity contribution in [2.45, 2.75) is 13.5 Å². The first-order chi connectivity index (χ1) is 9.19. The van der Waals surface area contributed by atoms with Crippen molar-refractivity contribution in [1.29, 1.82) is 0 Å². The van der Waals surface area contributed by atoms with Gasteiger partial charge in [0, 0.05) is 38.9 Å². The van der Waals surface area contributed by atoms with Crippen LogP contribution >= 0.6 is 0 Å². The van der Waals surface area contributed by atoms with E-state index in [4.69, 9.17) is 10.5 Å². The molecule has 104 valence electrons. The number of carbonyl (C=O) groups excluding carboxylic acids is 1. The number of nitrogen functional groups attached to an aromatic ring is 1. The highest BCUT2D eigenvalue weighted by molar-refractivity contribution is 5.67. The molecule has 0 saturated carbocycles. The highest BCUT2D eigenvalue weighted by Gasteiger charge is 2.21. The van der Waals surface area contributed by atoms with Gasteiger partial charge < -0.3 is 15.4 Å². The summed E-state index contributed by atoms with van der Waals surface area (Å²) in [6, 6.07) is 3.80. The van der Waals surface area contributed by atoms with Gasteiger partial charge in [0.25, 0.3) is 0 Å². The van der Waals surface area contributed by atoms with E-state index in [-0.39, 0.29) is 6.09 Å². The summed E-state index contributed by atoms with van der Waals surface area (Å²) in [7, 11) is 0. The van der Waals surface area contributed by atoms with E-state index in [9.17, 15) is 4.79 Å². The molecule has 1 aliphatic rings. The summed E-state index contributed by atoms with van der Waals surface area (Å²) in [4.78, 5) is 19.7. The molecule has 6 heteroatoms. The smallest absolute Gasteiger partial charge is 0.409 e. The largest absolute Gasteiger partial charge is 0.450 e. The Balaban J connectivity index is 1.80. The zero-order valence-electron chi connectivity index (χ0n) is 11.2. The first-order valence-electron chi connectivity index (χ1n) is 6.53. The van der Waals surface area contributed by atoms with Crippen LogP contribution in [0.1, 0.15) is 12.5 Å². The molecule has 1 amide bonds. The van der Waals surface area contributed by atoms with Crippen molar-refractivity contribution in [3.63, 3.8) is 0 Å².